The number of aliphatic hydroxyl groups is 1. The molecule has 0 aromatic carbocycles. The zero-order valence-electron chi connectivity index (χ0n) is 7.10. The molecule has 0 atom stereocenters. The molecule has 1 aromatic rings. The van der Waals surface area contributed by atoms with Gasteiger partial charge in [0, 0.05) is 10.4 Å². The third kappa shape index (κ3) is 1.29. The summed E-state index contributed by atoms with van der Waals surface area (Å²) < 4.78 is 1.29. The van der Waals surface area contributed by atoms with Crippen molar-refractivity contribution in [3.8, 4) is 0 Å². The zero-order valence-corrected chi connectivity index (χ0v) is 7.10. The maximum atomic E-state index is 11.6. The van der Waals surface area contributed by atoms with Crippen LogP contribution in [-0.4, -0.2) is 21.5 Å². The van der Waals surface area contributed by atoms with Gasteiger partial charge in [-0.3, -0.25) is 4.79 Å². The van der Waals surface area contributed by atoms with Gasteiger partial charge in [-0.05, 0) is 6.42 Å². The van der Waals surface area contributed by atoms with Crippen molar-refractivity contribution in [3.05, 3.63) is 27.0 Å². The Morgan fingerprint density at radius 2 is 2.38 bits per heavy atom. The Bertz CT molecular complexity index is 487. The van der Waals surface area contributed by atoms with Crippen LogP contribution in [-0.2, 0) is 6.54 Å². The van der Waals surface area contributed by atoms with E-state index in [2.05, 4.69) is 5.10 Å². The van der Waals surface area contributed by atoms with Gasteiger partial charge < -0.3 is 5.11 Å². The van der Waals surface area contributed by atoms with Gasteiger partial charge in [-0.2, -0.15) is 5.10 Å². The van der Waals surface area contributed by atoms with Gasteiger partial charge in [0.1, 0.15) is 0 Å². The first-order valence-electron chi connectivity index (χ1n) is 4.20. The number of fused-ring (bicyclic) bond motifs is 1. The molecule has 68 valence electrons. The largest absolute Gasteiger partial charge is 0.394 e. The maximum absolute atomic E-state index is 11.6. The smallest absolute Gasteiger partial charge is 0.274 e. The number of hydrogen-bond donors (Lipinski definition) is 1. The molecule has 1 aliphatic rings. The van der Waals surface area contributed by atoms with Crippen LogP contribution in [0.3, 0.4) is 0 Å². The van der Waals surface area contributed by atoms with Crippen LogP contribution in [0.25, 0.3) is 12.2 Å². The minimum atomic E-state index is -0.111. The Morgan fingerprint density at radius 3 is 3.15 bits per heavy atom. The molecule has 1 aromatic heterocycles. The van der Waals surface area contributed by atoms with Crippen LogP contribution in [0.1, 0.15) is 6.42 Å². The van der Waals surface area contributed by atoms with Gasteiger partial charge in [0.15, 0.2) is 0 Å². The van der Waals surface area contributed by atoms with Gasteiger partial charge >= 0.3 is 0 Å². The summed E-state index contributed by atoms with van der Waals surface area (Å²) in [7, 11) is 0. The standard InChI is InChI=1S/C9H10N2O2/c12-5-4-11-9(13)8-3-1-2-7(8)6-10-11/h2-3,6,12H,1,4-5H2. The Hall–Kier alpha value is -1.42. The van der Waals surface area contributed by atoms with Crippen molar-refractivity contribution >= 4 is 12.2 Å². The molecule has 4 nitrogen and oxygen atoms in total. The highest BCUT2D eigenvalue weighted by molar-refractivity contribution is 5.44. The van der Waals surface area contributed by atoms with E-state index < -0.39 is 0 Å². The number of hydrogen-bond acceptors (Lipinski definition) is 3. The normalized spacial score (nSPS) is 13.3. The van der Waals surface area contributed by atoms with Crippen molar-refractivity contribution < 1.29 is 5.11 Å². The summed E-state index contributed by atoms with van der Waals surface area (Å²) in [5.74, 6) is 0. The van der Waals surface area contributed by atoms with Gasteiger partial charge in [-0.25, -0.2) is 4.68 Å². The van der Waals surface area contributed by atoms with Crippen LogP contribution < -0.4 is 16.0 Å². The van der Waals surface area contributed by atoms with Gasteiger partial charge in [-0.15, -0.1) is 0 Å². The summed E-state index contributed by atoms with van der Waals surface area (Å²) in [6, 6.07) is 0. The highest BCUT2D eigenvalue weighted by atomic mass is 16.3. The first-order valence-corrected chi connectivity index (χ1v) is 4.20. The number of aliphatic hydroxyl groups excluding tert-OH is 1. The fourth-order valence-corrected chi connectivity index (χ4v) is 1.44. The lowest BCUT2D eigenvalue weighted by Gasteiger charge is -1.99. The SMILES string of the molecule is O=c1c2c(cnn1CCO)=CCC=2. The lowest BCUT2D eigenvalue weighted by atomic mass is 10.4. The maximum Gasteiger partial charge on any atom is 0.274 e. The first kappa shape index (κ1) is 8.19. The summed E-state index contributed by atoms with van der Waals surface area (Å²) in [5, 5.41) is 14.2. The van der Waals surface area contributed by atoms with Crippen LogP contribution >= 0.6 is 0 Å². The molecule has 13 heavy (non-hydrogen) atoms. The molecule has 2 rings (SSSR count). The fraction of sp³-hybridized carbons (Fsp3) is 0.333. The Kier molecular flexibility index (Phi) is 1.98. The van der Waals surface area contributed by atoms with E-state index in [4.69, 9.17) is 5.11 Å². The van der Waals surface area contributed by atoms with Gasteiger partial charge in [0.05, 0.1) is 19.3 Å². The monoisotopic (exact) mass is 178 g/mol. The van der Waals surface area contributed by atoms with E-state index in [1.54, 1.807) is 6.20 Å². The molecule has 1 N–H and O–H groups in total. The number of rotatable bonds is 2. The van der Waals surface area contributed by atoms with Crippen molar-refractivity contribution in [1.29, 1.82) is 0 Å². The van der Waals surface area contributed by atoms with Crippen LogP contribution in [0.15, 0.2) is 11.0 Å². The third-order valence-corrected chi connectivity index (χ3v) is 2.08. The molecular formula is C9H10N2O2. The van der Waals surface area contributed by atoms with Crippen molar-refractivity contribution in [1.82, 2.24) is 9.78 Å². The second-order valence-electron chi connectivity index (χ2n) is 2.91. The topological polar surface area (TPSA) is 55.1 Å². The molecule has 0 amide bonds. The van der Waals surface area contributed by atoms with Crippen molar-refractivity contribution in [2.75, 3.05) is 6.61 Å². The number of nitrogens with zero attached hydrogens (tertiary/aromatic N) is 2. The van der Waals surface area contributed by atoms with E-state index >= 15 is 0 Å². The van der Waals surface area contributed by atoms with Crippen molar-refractivity contribution in [2.45, 2.75) is 13.0 Å². The molecule has 0 radical (unpaired) electrons. The molecule has 0 saturated carbocycles. The molecule has 1 aliphatic carbocycles. The molecule has 1 heterocycles. The Balaban J connectivity index is 2.68. The third-order valence-electron chi connectivity index (χ3n) is 2.08. The second kappa shape index (κ2) is 3.14. The Labute approximate surface area is 74.4 Å². The quantitative estimate of drug-likeness (QED) is 0.581. The van der Waals surface area contributed by atoms with Gasteiger partial charge in [-0.1, -0.05) is 12.2 Å². The highest BCUT2D eigenvalue weighted by Gasteiger charge is 2.01. The van der Waals surface area contributed by atoms with Gasteiger partial charge in [0.2, 0.25) is 0 Å². The predicted octanol–water partition coefficient (Wildman–Crippen LogP) is -1.80. The summed E-state index contributed by atoms with van der Waals surface area (Å²) in [6.07, 6.45) is 6.31. The summed E-state index contributed by atoms with van der Waals surface area (Å²) in [6.45, 7) is 0.204. The number of aromatic nitrogens is 2. The van der Waals surface area contributed by atoms with E-state index in [9.17, 15) is 4.79 Å². The summed E-state index contributed by atoms with van der Waals surface area (Å²) in [4.78, 5) is 11.6. The average molecular weight is 178 g/mol. The van der Waals surface area contributed by atoms with E-state index in [0.29, 0.717) is 5.22 Å². The van der Waals surface area contributed by atoms with E-state index in [1.807, 2.05) is 12.2 Å². The van der Waals surface area contributed by atoms with Crippen LogP contribution in [0.5, 0.6) is 0 Å². The minimum Gasteiger partial charge on any atom is -0.394 e. The molecule has 0 fully saturated rings. The molecule has 4 heteroatoms. The van der Waals surface area contributed by atoms with Crippen LogP contribution in [0.2, 0.25) is 0 Å². The summed E-state index contributed by atoms with van der Waals surface area (Å²) >= 11 is 0. The molecule has 0 unspecified atom stereocenters. The molecule has 0 saturated heterocycles. The molecule has 0 spiro atoms. The average Bonchev–Trinajstić information content (AvgIpc) is 2.58. The zero-order chi connectivity index (χ0) is 9.26. The fourth-order valence-electron chi connectivity index (χ4n) is 1.44. The first-order chi connectivity index (χ1) is 6.33. The highest BCUT2D eigenvalue weighted by Crippen LogP contribution is 1.84. The van der Waals surface area contributed by atoms with Crippen molar-refractivity contribution in [2.24, 2.45) is 0 Å². The molecule has 0 bridgehead atoms. The molecular weight excluding hydrogens is 168 g/mol. The van der Waals surface area contributed by atoms with Crippen LogP contribution in [0.4, 0.5) is 0 Å². The van der Waals surface area contributed by atoms with E-state index in [1.165, 1.54) is 4.68 Å². The van der Waals surface area contributed by atoms with E-state index in [0.717, 1.165) is 11.6 Å². The predicted molar refractivity (Wildman–Crippen MR) is 48.4 cm³/mol. The van der Waals surface area contributed by atoms with E-state index in [-0.39, 0.29) is 18.7 Å². The lowest BCUT2D eigenvalue weighted by molar-refractivity contribution is 0.265. The minimum absolute atomic E-state index is 0.0601. The summed E-state index contributed by atoms with van der Waals surface area (Å²) in [5.41, 5.74) is -0.111. The lowest BCUT2D eigenvalue weighted by Crippen LogP contribution is -2.44. The Morgan fingerprint density at radius 1 is 1.54 bits per heavy atom. The van der Waals surface area contributed by atoms with Crippen molar-refractivity contribution in [3.63, 3.8) is 0 Å². The second-order valence-corrected chi connectivity index (χ2v) is 2.91. The van der Waals surface area contributed by atoms with Crippen LogP contribution in [0, 0.1) is 0 Å². The molecule has 0 aliphatic heterocycles. The van der Waals surface area contributed by atoms with Gasteiger partial charge in [0.25, 0.3) is 5.56 Å².